The molecule has 3 heterocycles. The molecular weight excluding hydrogens is 413 g/mol. The molecule has 0 fully saturated rings. The molecule has 5 nitrogen and oxygen atoms in total. The maximum absolute atomic E-state index is 14.4. The Labute approximate surface area is 183 Å². The Morgan fingerprint density at radius 1 is 0.871 bits per heavy atom. The first-order chi connectivity index (χ1) is 15.2. The minimum absolute atomic E-state index is 0.330. The SMILES string of the molecule is Nc1ncccc1-c1nc2ccc(-c3ccccc3F)nc2n1-c1ccc(CCl)cc1. The Bertz CT molecular complexity index is 1400. The summed E-state index contributed by atoms with van der Waals surface area (Å²) in [6, 6.07) is 21.7. The quantitative estimate of drug-likeness (QED) is 0.377. The van der Waals surface area contributed by atoms with Gasteiger partial charge < -0.3 is 5.73 Å². The van der Waals surface area contributed by atoms with E-state index in [0.29, 0.717) is 45.5 Å². The molecule has 2 N–H and O–H groups in total. The molecule has 0 amide bonds. The fourth-order valence-electron chi connectivity index (χ4n) is 3.54. The first-order valence-electron chi connectivity index (χ1n) is 9.66. The minimum Gasteiger partial charge on any atom is -0.383 e. The van der Waals surface area contributed by atoms with Gasteiger partial charge in [-0.05, 0) is 54.1 Å². The van der Waals surface area contributed by atoms with Crippen LogP contribution >= 0.6 is 11.6 Å². The molecular formula is C24H17ClFN5. The second-order valence-electron chi connectivity index (χ2n) is 7.03. The zero-order valence-electron chi connectivity index (χ0n) is 16.3. The van der Waals surface area contributed by atoms with Crippen molar-refractivity contribution in [2.45, 2.75) is 5.88 Å². The van der Waals surface area contributed by atoms with Gasteiger partial charge in [-0.3, -0.25) is 4.57 Å². The Morgan fingerprint density at radius 3 is 2.39 bits per heavy atom. The zero-order chi connectivity index (χ0) is 21.4. The molecule has 2 aromatic carbocycles. The number of nitrogens with zero attached hydrogens (tertiary/aromatic N) is 4. The van der Waals surface area contributed by atoms with Crippen molar-refractivity contribution in [2.75, 3.05) is 5.73 Å². The van der Waals surface area contributed by atoms with Gasteiger partial charge in [-0.15, -0.1) is 11.6 Å². The van der Waals surface area contributed by atoms with Gasteiger partial charge in [-0.1, -0.05) is 24.3 Å². The van der Waals surface area contributed by atoms with Gasteiger partial charge in [-0.2, -0.15) is 0 Å². The number of nitrogen functional groups attached to an aromatic ring is 1. The predicted molar refractivity (Wildman–Crippen MR) is 121 cm³/mol. The van der Waals surface area contributed by atoms with Gasteiger partial charge in [0.15, 0.2) is 11.5 Å². The third-order valence-electron chi connectivity index (χ3n) is 5.08. The lowest BCUT2D eigenvalue weighted by atomic mass is 10.1. The van der Waals surface area contributed by atoms with E-state index in [-0.39, 0.29) is 5.82 Å². The standard InChI is InChI=1S/C24H17ClFN5/c25-14-15-7-9-16(10-8-15)31-23(18-5-3-13-28-22(18)27)30-21-12-11-20(29-24(21)31)17-4-1-2-6-19(17)26/h1-13H,14H2,(H2,27,28). The fourth-order valence-corrected chi connectivity index (χ4v) is 3.72. The summed E-state index contributed by atoms with van der Waals surface area (Å²) in [5, 5.41) is 0. The van der Waals surface area contributed by atoms with Crippen LogP contribution in [0.25, 0.3) is 39.5 Å². The van der Waals surface area contributed by atoms with E-state index in [9.17, 15) is 4.39 Å². The van der Waals surface area contributed by atoms with Gasteiger partial charge in [0.25, 0.3) is 0 Å². The van der Waals surface area contributed by atoms with Crippen LogP contribution in [0.4, 0.5) is 10.2 Å². The summed E-state index contributed by atoms with van der Waals surface area (Å²) >= 11 is 5.96. The van der Waals surface area contributed by atoms with Crippen LogP contribution in [0.3, 0.4) is 0 Å². The summed E-state index contributed by atoms with van der Waals surface area (Å²) in [4.78, 5) is 13.8. The third-order valence-corrected chi connectivity index (χ3v) is 5.39. The molecule has 0 saturated carbocycles. The molecule has 152 valence electrons. The average Bonchev–Trinajstić information content (AvgIpc) is 3.18. The van der Waals surface area contributed by atoms with Crippen molar-refractivity contribution in [3.8, 4) is 28.3 Å². The summed E-state index contributed by atoms with van der Waals surface area (Å²) in [7, 11) is 0. The summed E-state index contributed by atoms with van der Waals surface area (Å²) < 4.78 is 16.3. The number of imidazole rings is 1. The molecule has 0 unspecified atom stereocenters. The van der Waals surface area contributed by atoms with Crippen molar-refractivity contribution >= 4 is 28.6 Å². The second-order valence-corrected chi connectivity index (χ2v) is 7.29. The Kier molecular flexibility index (Phi) is 4.84. The molecule has 0 aliphatic heterocycles. The molecule has 0 radical (unpaired) electrons. The van der Waals surface area contributed by atoms with Crippen molar-refractivity contribution in [2.24, 2.45) is 0 Å². The summed E-state index contributed by atoms with van der Waals surface area (Å²) in [6.07, 6.45) is 1.63. The molecule has 0 spiro atoms. The molecule has 7 heteroatoms. The van der Waals surface area contributed by atoms with E-state index in [1.165, 1.54) is 6.07 Å². The predicted octanol–water partition coefficient (Wildman–Crippen LogP) is 5.61. The number of pyridine rings is 2. The van der Waals surface area contributed by atoms with Crippen LogP contribution in [-0.2, 0) is 5.88 Å². The zero-order valence-corrected chi connectivity index (χ0v) is 17.1. The van der Waals surface area contributed by atoms with Gasteiger partial charge in [0.1, 0.15) is 17.2 Å². The molecule has 5 aromatic rings. The van der Waals surface area contributed by atoms with Crippen molar-refractivity contribution in [3.05, 3.63) is 90.4 Å². The number of benzene rings is 2. The first-order valence-corrected chi connectivity index (χ1v) is 10.2. The van der Waals surface area contributed by atoms with Gasteiger partial charge >= 0.3 is 0 Å². The maximum Gasteiger partial charge on any atom is 0.165 e. The van der Waals surface area contributed by atoms with E-state index in [2.05, 4.69) is 4.98 Å². The lowest BCUT2D eigenvalue weighted by Gasteiger charge is -2.11. The van der Waals surface area contributed by atoms with Crippen LogP contribution in [-0.4, -0.2) is 19.5 Å². The van der Waals surface area contributed by atoms with E-state index in [1.54, 1.807) is 30.5 Å². The minimum atomic E-state index is -0.330. The summed E-state index contributed by atoms with van der Waals surface area (Å²) in [5.41, 5.74) is 10.9. The molecule has 0 aliphatic rings. The van der Waals surface area contributed by atoms with Crippen LogP contribution in [0, 0.1) is 5.82 Å². The number of halogens is 2. The fraction of sp³-hybridized carbons (Fsp3) is 0.0417. The first kappa shape index (κ1) is 19.2. The van der Waals surface area contributed by atoms with E-state index >= 15 is 0 Å². The van der Waals surface area contributed by atoms with E-state index < -0.39 is 0 Å². The number of aromatic nitrogens is 4. The number of hydrogen-bond acceptors (Lipinski definition) is 4. The number of hydrogen-bond donors (Lipinski definition) is 1. The highest BCUT2D eigenvalue weighted by Crippen LogP contribution is 2.32. The van der Waals surface area contributed by atoms with Crippen LogP contribution in [0.1, 0.15) is 5.56 Å². The van der Waals surface area contributed by atoms with Crippen LogP contribution in [0.15, 0.2) is 79.0 Å². The van der Waals surface area contributed by atoms with Gasteiger partial charge in [0.05, 0.1) is 11.3 Å². The van der Waals surface area contributed by atoms with Gasteiger partial charge in [0, 0.05) is 23.3 Å². The summed E-state index contributed by atoms with van der Waals surface area (Å²) in [6.45, 7) is 0. The second kappa shape index (κ2) is 7.81. The molecule has 0 atom stereocenters. The van der Waals surface area contributed by atoms with Crippen molar-refractivity contribution in [1.29, 1.82) is 0 Å². The van der Waals surface area contributed by atoms with Crippen molar-refractivity contribution in [3.63, 3.8) is 0 Å². The van der Waals surface area contributed by atoms with Gasteiger partial charge in [0.2, 0.25) is 0 Å². The van der Waals surface area contributed by atoms with E-state index in [1.807, 2.05) is 47.0 Å². The normalized spacial score (nSPS) is 11.2. The van der Waals surface area contributed by atoms with Crippen molar-refractivity contribution in [1.82, 2.24) is 19.5 Å². The molecule has 5 rings (SSSR count). The topological polar surface area (TPSA) is 69.6 Å². The highest BCUT2D eigenvalue weighted by atomic mass is 35.5. The van der Waals surface area contributed by atoms with Gasteiger partial charge in [-0.25, -0.2) is 19.3 Å². The molecule has 31 heavy (non-hydrogen) atoms. The Balaban J connectivity index is 1.80. The lowest BCUT2D eigenvalue weighted by molar-refractivity contribution is 0.631. The molecule has 0 bridgehead atoms. The average molecular weight is 430 g/mol. The van der Waals surface area contributed by atoms with Crippen LogP contribution < -0.4 is 5.73 Å². The smallest absolute Gasteiger partial charge is 0.165 e. The Morgan fingerprint density at radius 2 is 1.65 bits per heavy atom. The largest absolute Gasteiger partial charge is 0.383 e. The van der Waals surface area contributed by atoms with Crippen molar-refractivity contribution < 1.29 is 4.39 Å². The van der Waals surface area contributed by atoms with E-state index in [4.69, 9.17) is 27.3 Å². The third kappa shape index (κ3) is 3.41. The molecule has 0 aliphatic carbocycles. The maximum atomic E-state index is 14.4. The lowest BCUT2D eigenvalue weighted by Crippen LogP contribution is -2.02. The Hall–Kier alpha value is -3.77. The highest BCUT2D eigenvalue weighted by molar-refractivity contribution is 6.17. The van der Waals surface area contributed by atoms with Crippen LogP contribution in [0.2, 0.25) is 0 Å². The number of alkyl halides is 1. The van der Waals surface area contributed by atoms with Crippen LogP contribution in [0.5, 0.6) is 0 Å². The monoisotopic (exact) mass is 429 g/mol. The number of fused-ring (bicyclic) bond motifs is 1. The summed E-state index contributed by atoms with van der Waals surface area (Å²) in [5.74, 6) is 1.06. The molecule has 0 saturated heterocycles. The number of nitrogens with two attached hydrogens (primary N) is 1. The number of anilines is 1. The molecule has 3 aromatic heterocycles. The van der Waals surface area contributed by atoms with E-state index in [0.717, 1.165) is 11.3 Å². The highest BCUT2D eigenvalue weighted by Gasteiger charge is 2.19. The number of rotatable bonds is 4.